The number of nitrogens with two attached hydrogens (primary N) is 1. The molecule has 35 heavy (non-hydrogen) atoms. The number of hydrogen-bond acceptors (Lipinski definition) is 8. The van der Waals surface area contributed by atoms with Gasteiger partial charge in [-0.3, -0.25) is 9.36 Å². The van der Waals surface area contributed by atoms with Crippen LogP contribution in [0.15, 0.2) is 53.3 Å². The lowest BCUT2D eigenvalue weighted by Crippen LogP contribution is -2.27. The van der Waals surface area contributed by atoms with Crippen LogP contribution in [-0.2, 0) is 4.74 Å². The summed E-state index contributed by atoms with van der Waals surface area (Å²) in [6.45, 7) is 0. The van der Waals surface area contributed by atoms with E-state index >= 15 is 0 Å². The molecule has 2 aromatic heterocycles. The highest BCUT2D eigenvalue weighted by atomic mass is 127. The summed E-state index contributed by atoms with van der Waals surface area (Å²) in [5, 5.41) is 0.469. The predicted molar refractivity (Wildman–Crippen MR) is 141 cm³/mol. The van der Waals surface area contributed by atoms with E-state index in [1.54, 1.807) is 48.5 Å². The number of carbonyl (C=O) groups is 1. The molecule has 0 bridgehead atoms. The normalized spacial score (nSPS) is 10.8. The topological polar surface area (TPSA) is 115 Å². The van der Waals surface area contributed by atoms with Crippen LogP contribution in [0.25, 0.3) is 27.7 Å². The molecule has 0 saturated carbocycles. The van der Waals surface area contributed by atoms with Crippen LogP contribution < -0.4 is 25.5 Å². The Morgan fingerprint density at radius 1 is 0.943 bits per heavy atom. The van der Waals surface area contributed by atoms with Gasteiger partial charge in [-0.05, 0) is 76.7 Å². The van der Waals surface area contributed by atoms with Crippen LogP contribution in [0.4, 0.5) is 5.69 Å². The predicted octanol–water partition coefficient (Wildman–Crippen LogP) is 4.05. The van der Waals surface area contributed by atoms with E-state index < -0.39 is 11.5 Å². The zero-order chi connectivity index (χ0) is 25.3. The van der Waals surface area contributed by atoms with Crippen molar-refractivity contribution in [2.45, 2.75) is 0 Å². The van der Waals surface area contributed by atoms with Gasteiger partial charge in [0.25, 0.3) is 5.56 Å². The molecule has 2 aromatic carbocycles. The maximum Gasteiger partial charge on any atom is 0.355 e. The summed E-state index contributed by atoms with van der Waals surface area (Å²) in [6, 6.07) is 13.5. The Labute approximate surface area is 214 Å². The fourth-order valence-electron chi connectivity index (χ4n) is 3.92. The third kappa shape index (κ3) is 4.25. The van der Waals surface area contributed by atoms with Crippen molar-refractivity contribution in [3.63, 3.8) is 0 Å². The molecule has 2 heterocycles. The van der Waals surface area contributed by atoms with Gasteiger partial charge >= 0.3 is 5.97 Å². The Balaban J connectivity index is 2.25. The lowest BCUT2D eigenvalue weighted by molar-refractivity contribution is 0.0591. The number of esters is 1. The molecule has 0 radical (unpaired) electrons. The molecule has 10 heteroatoms. The Kier molecular flexibility index (Phi) is 6.83. The van der Waals surface area contributed by atoms with Crippen LogP contribution in [0.5, 0.6) is 17.2 Å². The van der Waals surface area contributed by atoms with Gasteiger partial charge in [0.05, 0.1) is 28.4 Å². The van der Waals surface area contributed by atoms with Gasteiger partial charge in [-0.15, -0.1) is 0 Å². The summed E-state index contributed by atoms with van der Waals surface area (Å²) in [6.07, 6.45) is 0. The van der Waals surface area contributed by atoms with Gasteiger partial charge < -0.3 is 24.7 Å². The van der Waals surface area contributed by atoms with Crippen LogP contribution >= 0.6 is 22.6 Å². The van der Waals surface area contributed by atoms with E-state index in [-0.39, 0.29) is 11.2 Å². The van der Waals surface area contributed by atoms with Crippen LogP contribution in [0.1, 0.15) is 10.5 Å². The maximum absolute atomic E-state index is 13.7. The van der Waals surface area contributed by atoms with Crippen molar-refractivity contribution >= 4 is 45.2 Å². The van der Waals surface area contributed by atoms with Crippen molar-refractivity contribution in [3.05, 3.63) is 68.3 Å². The van der Waals surface area contributed by atoms with E-state index in [9.17, 15) is 9.59 Å². The number of halogens is 1. The maximum atomic E-state index is 13.7. The average molecular weight is 587 g/mol. The number of nitrogen functional groups attached to an aromatic ring is 1. The van der Waals surface area contributed by atoms with Crippen molar-refractivity contribution in [2.75, 3.05) is 34.2 Å². The Morgan fingerprint density at radius 3 is 2.11 bits per heavy atom. The minimum Gasteiger partial charge on any atom is -0.493 e. The number of nitrogens with zero attached hydrogens (tertiary/aromatic N) is 2. The number of pyridine rings is 2. The van der Waals surface area contributed by atoms with Gasteiger partial charge in [-0.2, -0.15) is 0 Å². The van der Waals surface area contributed by atoms with Gasteiger partial charge in [0.2, 0.25) is 5.75 Å². The highest BCUT2D eigenvalue weighted by Gasteiger charge is 2.27. The number of anilines is 1. The Morgan fingerprint density at radius 2 is 1.57 bits per heavy atom. The zero-order valence-electron chi connectivity index (χ0n) is 19.4. The minimum atomic E-state index is -0.705. The molecular formula is C25H22IN3O6. The summed E-state index contributed by atoms with van der Waals surface area (Å²) < 4.78 is 23.6. The molecule has 4 rings (SSSR count). The van der Waals surface area contributed by atoms with Crippen LogP contribution in [-0.4, -0.2) is 44.0 Å². The number of carbonyl (C=O) groups excluding carboxylic acids is 1. The number of benzene rings is 2. The van der Waals surface area contributed by atoms with Crippen LogP contribution in [0, 0.1) is 3.70 Å². The van der Waals surface area contributed by atoms with Gasteiger partial charge in [0.1, 0.15) is 14.9 Å². The smallest absolute Gasteiger partial charge is 0.355 e. The molecule has 0 amide bonds. The second-order valence-electron chi connectivity index (χ2n) is 7.39. The van der Waals surface area contributed by atoms with Gasteiger partial charge in [-0.1, -0.05) is 0 Å². The second kappa shape index (κ2) is 9.82. The molecule has 0 aliphatic heterocycles. The molecule has 0 saturated heterocycles. The van der Waals surface area contributed by atoms with E-state index in [2.05, 4.69) is 4.98 Å². The Bertz CT molecular complexity index is 1470. The Hall–Kier alpha value is -3.80. The number of ether oxygens (including phenoxy) is 4. The average Bonchev–Trinajstić information content (AvgIpc) is 2.88. The summed E-state index contributed by atoms with van der Waals surface area (Å²) in [5.41, 5.74) is 7.50. The molecular weight excluding hydrogens is 565 g/mol. The first kappa shape index (κ1) is 24.3. The highest BCUT2D eigenvalue weighted by molar-refractivity contribution is 14.1. The molecule has 0 aliphatic rings. The van der Waals surface area contributed by atoms with Gasteiger partial charge in [-0.25, -0.2) is 9.78 Å². The van der Waals surface area contributed by atoms with E-state index in [4.69, 9.17) is 24.7 Å². The van der Waals surface area contributed by atoms with Crippen LogP contribution in [0.3, 0.4) is 0 Å². The van der Waals surface area contributed by atoms with Crippen molar-refractivity contribution in [2.24, 2.45) is 0 Å². The van der Waals surface area contributed by atoms with E-state index in [1.807, 2.05) is 22.6 Å². The van der Waals surface area contributed by atoms with E-state index in [0.29, 0.717) is 48.8 Å². The van der Waals surface area contributed by atoms with Crippen molar-refractivity contribution < 1.29 is 23.7 Å². The monoisotopic (exact) mass is 587 g/mol. The zero-order valence-corrected chi connectivity index (χ0v) is 21.6. The quantitative estimate of drug-likeness (QED) is 0.156. The standard InChI is InChI=1S/C25H22IN3O6/c1-32-17-11-13(12-18(33-2)23(17)34-3)20-16-9-10-19(26)28-21(16)24(30)29(22(20)25(31)35-4)15-7-5-14(27)6-8-15/h5-12H,27H2,1-4H3. The second-order valence-corrected chi connectivity index (χ2v) is 8.50. The SMILES string of the molecule is COC(=O)c1c(-c2cc(OC)c(OC)c(OC)c2)c2ccc(I)nc2c(=O)n1-c1ccc(N)cc1. The van der Waals surface area contributed by atoms with Gasteiger partial charge in [0.15, 0.2) is 11.5 Å². The van der Waals surface area contributed by atoms with Gasteiger partial charge in [0, 0.05) is 22.3 Å². The van der Waals surface area contributed by atoms with Crippen molar-refractivity contribution in [3.8, 4) is 34.1 Å². The first-order valence-corrected chi connectivity index (χ1v) is 11.4. The molecule has 0 fully saturated rings. The van der Waals surface area contributed by atoms with Crippen molar-refractivity contribution in [1.29, 1.82) is 0 Å². The summed E-state index contributed by atoms with van der Waals surface area (Å²) in [4.78, 5) is 31.5. The van der Waals surface area contributed by atoms with E-state index in [1.165, 1.54) is 33.0 Å². The first-order valence-electron chi connectivity index (χ1n) is 10.3. The number of aromatic nitrogens is 2. The summed E-state index contributed by atoms with van der Waals surface area (Å²) >= 11 is 2.04. The molecule has 0 spiro atoms. The lowest BCUT2D eigenvalue weighted by Gasteiger charge is -2.20. The number of methoxy groups -OCH3 is 4. The van der Waals surface area contributed by atoms with E-state index in [0.717, 1.165) is 0 Å². The number of hydrogen-bond donors (Lipinski definition) is 1. The largest absolute Gasteiger partial charge is 0.493 e. The highest BCUT2D eigenvalue weighted by Crippen LogP contribution is 2.43. The lowest BCUT2D eigenvalue weighted by atomic mass is 9.97. The fraction of sp³-hybridized carbons (Fsp3) is 0.160. The van der Waals surface area contributed by atoms with Crippen LogP contribution in [0.2, 0.25) is 0 Å². The molecule has 0 aliphatic carbocycles. The summed E-state index contributed by atoms with van der Waals surface area (Å²) in [7, 11) is 5.76. The summed E-state index contributed by atoms with van der Waals surface area (Å²) in [5.74, 6) is 0.453. The molecule has 0 unspecified atom stereocenters. The number of fused-ring (bicyclic) bond motifs is 1. The fourth-order valence-corrected chi connectivity index (χ4v) is 4.35. The third-order valence-corrected chi connectivity index (χ3v) is 6.08. The molecule has 9 nitrogen and oxygen atoms in total. The number of rotatable bonds is 6. The molecule has 4 aromatic rings. The minimum absolute atomic E-state index is 0.0204. The van der Waals surface area contributed by atoms with Crippen molar-refractivity contribution in [1.82, 2.24) is 9.55 Å². The molecule has 0 atom stereocenters. The molecule has 180 valence electrons. The first-order chi connectivity index (χ1) is 16.8. The molecule has 2 N–H and O–H groups in total. The third-order valence-electron chi connectivity index (χ3n) is 5.48.